The van der Waals surface area contributed by atoms with Crippen LogP contribution in [0, 0.1) is 0 Å². The molecule has 0 N–H and O–H groups in total. The monoisotopic (exact) mass is 295 g/mol. The van der Waals surface area contributed by atoms with Gasteiger partial charge in [-0.25, -0.2) is 0 Å². The van der Waals surface area contributed by atoms with Crippen LogP contribution in [0.3, 0.4) is 0 Å². The molecule has 0 aromatic heterocycles. The predicted octanol–water partition coefficient (Wildman–Crippen LogP) is 2.90. The molecule has 1 heterocycles. The van der Waals surface area contributed by atoms with Gasteiger partial charge in [-0.15, -0.1) is 0 Å². The van der Waals surface area contributed by atoms with Crippen molar-refractivity contribution in [3.05, 3.63) is 34.9 Å². The van der Waals surface area contributed by atoms with Crippen LogP contribution in [0.15, 0.2) is 24.3 Å². The van der Waals surface area contributed by atoms with Crippen LogP contribution in [-0.2, 0) is 9.53 Å². The Balaban J connectivity index is 2.12. The fraction of sp³-hybridized carbons (Fsp3) is 0.467. The van der Waals surface area contributed by atoms with E-state index in [1.54, 1.807) is 29.2 Å². The summed E-state index contributed by atoms with van der Waals surface area (Å²) in [6.45, 7) is 0.684. The summed E-state index contributed by atoms with van der Waals surface area (Å²) < 4.78 is 4.71. The van der Waals surface area contributed by atoms with Crippen LogP contribution in [0.25, 0.3) is 0 Å². The molecule has 20 heavy (non-hydrogen) atoms. The van der Waals surface area contributed by atoms with E-state index in [1.165, 1.54) is 7.11 Å². The van der Waals surface area contributed by atoms with Gasteiger partial charge >= 0.3 is 5.97 Å². The zero-order chi connectivity index (χ0) is 14.5. The molecule has 1 fully saturated rings. The minimum atomic E-state index is -0.272. The predicted molar refractivity (Wildman–Crippen MR) is 76.8 cm³/mol. The van der Waals surface area contributed by atoms with Gasteiger partial charge in [-0.3, -0.25) is 9.59 Å². The van der Waals surface area contributed by atoms with E-state index in [2.05, 4.69) is 0 Å². The Morgan fingerprint density at radius 1 is 1.30 bits per heavy atom. The lowest BCUT2D eigenvalue weighted by molar-refractivity contribution is -0.142. The van der Waals surface area contributed by atoms with Gasteiger partial charge in [0.1, 0.15) is 0 Å². The Labute approximate surface area is 123 Å². The average Bonchev–Trinajstić information content (AvgIpc) is 2.48. The molecular weight excluding hydrogens is 278 g/mol. The van der Waals surface area contributed by atoms with Crippen molar-refractivity contribution >= 4 is 23.5 Å². The van der Waals surface area contributed by atoms with Crippen LogP contribution in [-0.4, -0.2) is 36.5 Å². The molecule has 1 aliphatic rings. The molecule has 1 aliphatic heterocycles. The number of carbonyl (C=O) groups excluding carboxylic acids is 2. The largest absolute Gasteiger partial charge is 0.469 e. The highest BCUT2D eigenvalue weighted by atomic mass is 35.5. The van der Waals surface area contributed by atoms with Crippen LogP contribution in [0.5, 0.6) is 0 Å². The molecule has 5 heteroatoms. The molecule has 4 nitrogen and oxygen atoms in total. The first-order valence-electron chi connectivity index (χ1n) is 6.75. The highest BCUT2D eigenvalue weighted by Gasteiger charge is 2.29. The van der Waals surface area contributed by atoms with Gasteiger partial charge in [-0.1, -0.05) is 11.6 Å². The lowest BCUT2D eigenvalue weighted by Gasteiger charge is -2.35. The number of piperidine rings is 1. The number of ether oxygens (including phenoxy) is 1. The average molecular weight is 296 g/mol. The number of methoxy groups -OCH3 is 1. The van der Waals surface area contributed by atoms with Crippen molar-refractivity contribution in [3.8, 4) is 0 Å². The second-order valence-corrected chi connectivity index (χ2v) is 5.37. The quantitative estimate of drug-likeness (QED) is 0.806. The first-order valence-corrected chi connectivity index (χ1v) is 7.13. The van der Waals surface area contributed by atoms with Gasteiger partial charge < -0.3 is 9.64 Å². The van der Waals surface area contributed by atoms with Crippen molar-refractivity contribution < 1.29 is 14.3 Å². The minimum Gasteiger partial charge on any atom is -0.469 e. The normalized spacial score (nSPS) is 18.7. The van der Waals surface area contributed by atoms with Crippen molar-refractivity contribution in [2.24, 2.45) is 0 Å². The minimum absolute atomic E-state index is 0.0460. The second-order valence-electron chi connectivity index (χ2n) is 4.94. The number of rotatable bonds is 3. The Morgan fingerprint density at radius 2 is 2.00 bits per heavy atom. The van der Waals surface area contributed by atoms with Gasteiger partial charge in [-0.2, -0.15) is 0 Å². The highest BCUT2D eigenvalue weighted by Crippen LogP contribution is 2.23. The van der Waals surface area contributed by atoms with Gasteiger partial charge in [0.2, 0.25) is 0 Å². The van der Waals surface area contributed by atoms with Crippen molar-refractivity contribution in [1.82, 2.24) is 4.90 Å². The SMILES string of the molecule is COC(=O)C[C@H]1CCCCN1C(=O)c1ccc(Cl)cc1. The van der Waals surface area contributed by atoms with Gasteiger partial charge in [-0.05, 0) is 43.5 Å². The van der Waals surface area contributed by atoms with Crippen LogP contribution in [0.1, 0.15) is 36.0 Å². The van der Waals surface area contributed by atoms with Crippen molar-refractivity contribution in [1.29, 1.82) is 0 Å². The van der Waals surface area contributed by atoms with E-state index in [9.17, 15) is 9.59 Å². The van der Waals surface area contributed by atoms with E-state index in [4.69, 9.17) is 16.3 Å². The number of amides is 1. The lowest BCUT2D eigenvalue weighted by Crippen LogP contribution is -2.44. The number of halogens is 1. The summed E-state index contributed by atoms with van der Waals surface area (Å²) >= 11 is 5.83. The number of hydrogen-bond donors (Lipinski definition) is 0. The van der Waals surface area contributed by atoms with Crippen LogP contribution < -0.4 is 0 Å². The van der Waals surface area contributed by atoms with Gasteiger partial charge in [0, 0.05) is 23.2 Å². The second kappa shape index (κ2) is 6.75. The molecule has 0 saturated carbocycles. The van der Waals surface area contributed by atoms with E-state index < -0.39 is 0 Å². The maximum absolute atomic E-state index is 12.5. The molecule has 0 bridgehead atoms. The summed E-state index contributed by atoms with van der Waals surface area (Å²) in [7, 11) is 1.37. The Morgan fingerprint density at radius 3 is 2.65 bits per heavy atom. The fourth-order valence-corrected chi connectivity index (χ4v) is 2.64. The zero-order valence-corrected chi connectivity index (χ0v) is 12.2. The lowest BCUT2D eigenvalue weighted by atomic mass is 9.98. The van der Waals surface area contributed by atoms with E-state index in [-0.39, 0.29) is 24.3 Å². The molecule has 1 amide bonds. The molecule has 1 saturated heterocycles. The van der Waals surface area contributed by atoms with Crippen molar-refractivity contribution in [3.63, 3.8) is 0 Å². The summed E-state index contributed by atoms with van der Waals surface area (Å²) in [4.78, 5) is 25.8. The van der Waals surface area contributed by atoms with Crippen LogP contribution in [0.2, 0.25) is 5.02 Å². The van der Waals surface area contributed by atoms with E-state index in [1.807, 2.05) is 0 Å². The first kappa shape index (κ1) is 14.9. The molecule has 0 radical (unpaired) electrons. The highest BCUT2D eigenvalue weighted by molar-refractivity contribution is 6.30. The molecule has 0 spiro atoms. The number of hydrogen-bond acceptors (Lipinski definition) is 3. The maximum Gasteiger partial charge on any atom is 0.307 e. The summed E-state index contributed by atoms with van der Waals surface area (Å²) in [5.74, 6) is -0.318. The molecule has 1 aromatic carbocycles. The Bertz CT molecular complexity index is 486. The van der Waals surface area contributed by atoms with E-state index in [0.29, 0.717) is 17.1 Å². The number of benzene rings is 1. The molecule has 1 atom stereocenters. The number of esters is 1. The third kappa shape index (κ3) is 3.51. The van der Waals surface area contributed by atoms with Crippen molar-refractivity contribution in [2.45, 2.75) is 31.7 Å². The molecule has 0 aliphatic carbocycles. The summed E-state index contributed by atoms with van der Waals surface area (Å²) in [6, 6.07) is 6.77. The molecule has 2 rings (SSSR count). The molecular formula is C15H18ClNO3. The third-order valence-corrected chi connectivity index (χ3v) is 3.86. The Hall–Kier alpha value is -1.55. The molecule has 108 valence electrons. The third-order valence-electron chi connectivity index (χ3n) is 3.61. The van der Waals surface area contributed by atoms with Gasteiger partial charge in [0.15, 0.2) is 0 Å². The standard InChI is InChI=1S/C15H18ClNO3/c1-20-14(18)10-13-4-2-3-9-17(13)15(19)11-5-7-12(16)8-6-11/h5-8,13H,2-4,9-10H2,1H3/t13-/m1/s1. The van der Waals surface area contributed by atoms with Crippen LogP contribution in [0.4, 0.5) is 0 Å². The number of carbonyl (C=O) groups is 2. The first-order chi connectivity index (χ1) is 9.61. The molecule has 1 aromatic rings. The van der Waals surface area contributed by atoms with E-state index >= 15 is 0 Å². The number of nitrogens with zero attached hydrogens (tertiary/aromatic N) is 1. The smallest absolute Gasteiger partial charge is 0.307 e. The Kier molecular flexibility index (Phi) is 5.01. The maximum atomic E-state index is 12.5. The van der Waals surface area contributed by atoms with Gasteiger partial charge in [0.25, 0.3) is 5.91 Å². The van der Waals surface area contributed by atoms with Crippen molar-refractivity contribution in [2.75, 3.05) is 13.7 Å². The number of likely N-dealkylation sites (tertiary alicyclic amines) is 1. The fourth-order valence-electron chi connectivity index (χ4n) is 2.51. The van der Waals surface area contributed by atoms with E-state index in [0.717, 1.165) is 19.3 Å². The summed E-state index contributed by atoms with van der Waals surface area (Å²) in [6.07, 6.45) is 3.10. The zero-order valence-electron chi connectivity index (χ0n) is 11.5. The summed E-state index contributed by atoms with van der Waals surface area (Å²) in [5, 5.41) is 0.603. The molecule has 0 unspecified atom stereocenters. The van der Waals surface area contributed by atoms with Gasteiger partial charge in [0.05, 0.1) is 13.5 Å². The van der Waals surface area contributed by atoms with Crippen LogP contribution >= 0.6 is 11.6 Å². The summed E-state index contributed by atoms with van der Waals surface area (Å²) in [5.41, 5.74) is 0.603. The topological polar surface area (TPSA) is 46.6 Å².